The molecule has 1 unspecified atom stereocenters. The fourth-order valence-electron chi connectivity index (χ4n) is 4.51. The number of nitrogens with zero attached hydrogens (tertiary/aromatic N) is 2. The Morgan fingerprint density at radius 3 is 2.64 bits per heavy atom. The van der Waals surface area contributed by atoms with Crippen molar-refractivity contribution in [1.82, 2.24) is 14.1 Å². The molecule has 4 rings (SSSR count). The first-order chi connectivity index (χ1) is 15.9. The van der Waals surface area contributed by atoms with Gasteiger partial charge in [0.1, 0.15) is 0 Å². The van der Waals surface area contributed by atoms with Gasteiger partial charge in [0.15, 0.2) is 0 Å². The lowest BCUT2D eigenvalue weighted by atomic mass is 10.0. The minimum atomic E-state index is -1.05. The van der Waals surface area contributed by atoms with Crippen LogP contribution in [0.1, 0.15) is 56.7 Å². The molecule has 0 aliphatic carbocycles. The number of fused-ring (bicyclic) bond motifs is 2. The van der Waals surface area contributed by atoms with E-state index in [1.165, 1.54) is 0 Å². The van der Waals surface area contributed by atoms with Gasteiger partial charge in [-0.15, -0.1) is 0 Å². The van der Waals surface area contributed by atoms with E-state index in [-0.39, 0.29) is 19.0 Å². The fourth-order valence-corrected chi connectivity index (χ4v) is 4.51. The van der Waals surface area contributed by atoms with E-state index < -0.39 is 17.2 Å². The van der Waals surface area contributed by atoms with Gasteiger partial charge in [0, 0.05) is 29.2 Å². The molecule has 1 atom stereocenters. The maximum absolute atomic E-state index is 13.6. The van der Waals surface area contributed by atoms with Crippen LogP contribution in [-0.4, -0.2) is 25.2 Å². The number of para-hydroxylation sites is 1. The van der Waals surface area contributed by atoms with Crippen LogP contribution in [0.2, 0.25) is 0 Å². The number of nitrogens with one attached hydrogen (secondary N) is 1. The molecule has 0 radical (unpaired) electrons. The number of benzene rings is 2. The summed E-state index contributed by atoms with van der Waals surface area (Å²) in [5.41, 5.74) is 2.64. The molecule has 2 N–H and O–H groups in total. The van der Waals surface area contributed by atoms with Gasteiger partial charge in [-0.25, -0.2) is 4.79 Å². The van der Waals surface area contributed by atoms with Gasteiger partial charge in [-0.05, 0) is 43.5 Å². The van der Waals surface area contributed by atoms with Gasteiger partial charge in [-0.3, -0.25) is 18.7 Å². The summed E-state index contributed by atoms with van der Waals surface area (Å²) in [6.07, 6.45) is 5.75. The van der Waals surface area contributed by atoms with Crippen LogP contribution in [-0.2, 0) is 17.8 Å². The summed E-state index contributed by atoms with van der Waals surface area (Å²) in [6, 6.07) is 13.2. The Hall–Kier alpha value is -3.61. The Morgan fingerprint density at radius 1 is 1.09 bits per heavy atom. The van der Waals surface area contributed by atoms with Crippen LogP contribution in [0.3, 0.4) is 0 Å². The lowest BCUT2D eigenvalue weighted by Gasteiger charge is -2.20. The van der Waals surface area contributed by atoms with Crippen molar-refractivity contribution < 1.29 is 9.90 Å². The largest absolute Gasteiger partial charge is 0.481 e. The number of carboxylic acid groups (broad SMARTS) is 1. The van der Waals surface area contributed by atoms with E-state index in [1.54, 1.807) is 10.6 Å². The summed E-state index contributed by atoms with van der Waals surface area (Å²) in [7, 11) is 0. The Morgan fingerprint density at radius 2 is 1.88 bits per heavy atom. The van der Waals surface area contributed by atoms with Crippen molar-refractivity contribution in [3.05, 3.63) is 80.6 Å². The molecule has 0 spiro atoms. The summed E-state index contributed by atoms with van der Waals surface area (Å²) in [5.74, 6) is -1.05. The monoisotopic (exact) mass is 447 g/mol. The zero-order valence-electron chi connectivity index (χ0n) is 19.0. The normalized spacial score (nSPS) is 12.4. The van der Waals surface area contributed by atoms with E-state index in [4.69, 9.17) is 5.11 Å². The smallest absolute Gasteiger partial charge is 0.332 e. The minimum Gasteiger partial charge on any atom is -0.481 e. The molecule has 7 nitrogen and oxygen atoms in total. The predicted octanol–water partition coefficient (Wildman–Crippen LogP) is 4.46. The number of unbranched alkanes of at least 4 members (excludes halogenated alkanes) is 2. The number of aryl methyl sites for hydroxylation is 1. The summed E-state index contributed by atoms with van der Waals surface area (Å²) >= 11 is 0. The third-order valence-corrected chi connectivity index (χ3v) is 6.31. The van der Waals surface area contributed by atoms with Crippen molar-refractivity contribution in [2.45, 2.75) is 58.5 Å². The van der Waals surface area contributed by atoms with Crippen molar-refractivity contribution >= 4 is 27.8 Å². The van der Waals surface area contributed by atoms with E-state index in [0.29, 0.717) is 10.9 Å². The highest BCUT2D eigenvalue weighted by Crippen LogP contribution is 2.28. The molecule has 0 saturated heterocycles. The fraction of sp³-hybridized carbons (Fsp3) is 0.346. The van der Waals surface area contributed by atoms with Gasteiger partial charge in [-0.1, -0.05) is 44.0 Å². The Bertz CT molecular complexity index is 1430. The highest BCUT2D eigenvalue weighted by molar-refractivity contribution is 5.84. The molecule has 7 heteroatoms. The molecule has 172 valence electrons. The number of hydrogen-bond donors (Lipinski definition) is 2. The standard InChI is InChI=1S/C26H29N3O4/c1-3-4-5-8-18-11-12-20-23(15-18)29(26(33)28(25(20)32)14-13-24(30)31)17(2)21-16-27-22-10-7-6-9-19(21)22/h6-7,9-12,15-17,27H,3-5,8,13-14H2,1-2H3,(H,30,31). The first-order valence-corrected chi connectivity index (χ1v) is 11.5. The van der Waals surface area contributed by atoms with Crippen LogP contribution >= 0.6 is 0 Å². The van der Waals surface area contributed by atoms with Crippen LogP contribution in [0.4, 0.5) is 0 Å². The average molecular weight is 448 g/mol. The van der Waals surface area contributed by atoms with Gasteiger partial charge in [0.25, 0.3) is 5.56 Å². The first kappa shape index (κ1) is 22.6. The number of rotatable bonds is 9. The molecule has 0 saturated carbocycles. The molecule has 0 aliphatic rings. The van der Waals surface area contributed by atoms with Crippen LogP contribution in [0.25, 0.3) is 21.8 Å². The molecular weight excluding hydrogens is 418 g/mol. The number of hydrogen-bond acceptors (Lipinski definition) is 3. The van der Waals surface area contributed by atoms with Gasteiger partial charge in [0.05, 0.1) is 23.4 Å². The van der Waals surface area contributed by atoms with E-state index in [0.717, 1.165) is 52.3 Å². The van der Waals surface area contributed by atoms with E-state index >= 15 is 0 Å². The number of aromatic amines is 1. The van der Waals surface area contributed by atoms with Gasteiger partial charge >= 0.3 is 11.7 Å². The molecule has 0 fully saturated rings. The molecule has 0 bridgehead atoms. The van der Waals surface area contributed by atoms with Gasteiger partial charge in [0.2, 0.25) is 0 Å². The number of H-pyrrole nitrogens is 1. The van der Waals surface area contributed by atoms with E-state index in [9.17, 15) is 14.4 Å². The predicted molar refractivity (Wildman–Crippen MR) is 130 cm³/mol. The SMILES string of the molecule is CCCCCc1ccc2c(=O)n(CCC(=O)O)c(=O)n(C(C)c3c[nH]c4ccccc34)c2c1. The van der Waals surface area contributed by atoms with Crippen LogP contribution in [0, 0.1) is 0 Å². The average Bonchev–Trinajstić information content (AvgIpc) is 3.23. The van der Waals surface area contributed by atoms with Crippen molar-refractivity contribution in [3.63, 3.8) is 0 Å². The maximum atomic E-state index is 13.6. The zero-order chi connectivity index (χ0) is 23.5. The first-order valence-electron chi connectivity index (χ1n) is 11.5. The Balaban J connectivity index is 1.93. The molecule has 4 aromatic rings. The summed E-state index contributed by atoms with van der Waals surface area (Å²) < 4.78 is 2.69. The Labute approximate surface area is 191 Å². The van der Waals surface area contributed by atoms with E-state index in [2.05, 4.69) is 11.9 Å². The maximum Gasteiger partial charge on any atom is 0.332 e. The van der Waals surface area contributed by atoms with Crippen LogP contribution < -0.4 is 11.2 Å². The van der Waals surface area contributed by atoms with Crippen LogP contribution in [0.15, 0.2) is 58.3 Å². The second kappa shape index (κ2) is 9.48. The number of carbonyl (C=O) groups is 1. The van der Waals surface area contributed by atoms with Gasteiger partial charge < -0.3 is 10.1 Å². The molecule has 33 heavy (non-hydrogen) atoms. The summed E-state index contributed by atoms with van der Waals surface area (Å²) in [4.78, 5) is 41.1. The second-order valence-corrected chi connectivity index (χ2v) is 8.53. The zero-order valence-corrected chi connectivity index (χ0v) is 19.0. The lowest BCUT2D eigenvalue weighted by molar-refractivity contribution is -0.137. The Kier molecular flexibility index (Phi) is 6.49. The topological polar surface area (TPSA) is 97.1 Å². The summed E-state index contributed by atoms with van der Waals surface area (Å²) in [6.45, 7) is 3.93. The van der Waals surface area contributed by atoms with Crippen molar-refractivity contribution in [1.29, 1.82) is 0 Å². The lowest BCUT2D eigenvalue weighted by Crippen LogP contribution is -2.41. The van der Waals surface area contributed by atoms with Crippen molar-refractivity contribution in [2.24, 2.45) is 0 Å². The summed E-state index contributed by atoms with van der Waals surface area (Å²) in [5, 5.41) is 10.6. The van der Waals surface area contributed by atoms with Crippen molar-refractivity contribution in [3.8, 4) is 0 Å². The highest BCUT2D eigenvalue weighted by atomic mass is 16.4. The quantitative estimate of drug-likeness (QED) is 0.370. The molecule has 2 aromatic heterocycles. The van der Waals surface area contributed by atoms with Gasteiger partial charge in [-0.2, -0.15) is 0 Å². The van der Waals surface area contributed by atoms with Crippen LogP contribution in [0.5, 0.6) is 0 Å². The second-order valence-electron chi connectivity index (χ2n) is 8.53. The molecule has 2 heterocycles. The molecular formula is C26H29N3O4. The number of carboxylic acids is 1. The molecule has 0 aliphatic heterocycles. The number of aliphatic carboxylic acids is 1. The third kappa shape index (κ3) is 4.35. The third-order valence-electron chi connectivity index (χ3n) is 6.31. The van der Waals surface area contributed by atoms with Crippen molar-refractivity contribution in [2.75, 3.05) is 0 Å². The minimum absolute atomic E-state index is 0.165. The molecule has 0 amide bonds. The number of aromatic nitrogens is 3. The molecule has 2 aromatic carbocycles. The van der Waals surface area contributed by atoms with E-state index in [1.807, 2.05) is 49.5 Å². The highest BCUT2D eigenvalue weighted by Gasteiger charge is 2.21.